The van der Waals surface area contributed by atoms with E-state index >= 15 is 0 Å². The van der Waals surface area contributed by atoms with E-state index in [1.165, 1.54) is 0 Å². The summed E-state index contributed by atoms with van der Waals surface area (Å²) in [6, 6.07) is 44.5. The molecule has 4 nitrogen and oxygen atoms in total. The van der Waals surface area contributed by atoms with Gasteiger partial charge in [-0.2, -0.15) is 105 Å². The van der Waals surface area contributed by atoms with Crippen LogP contribution in [0.1, 0.15) is 28.0 Å². The van der Waals surface area contributed by atoms with Crippen LogP contribution in [0.4, 0.5) is 105 Å². The summed E-state index contributed by atoms with van der Waals surface area (Å²) in [5, 5.41) is 40.3. The van der Waals surface area contributed by atoms with Gasteiger partial charge in [-0.15, -0.1) is 0 Å². The number of rotatable bonds is 5. The monoisotopic (exact) mass is 1490 g/mol. The normalized spacial score (nSPS) is 11.5. The molecule has 7 rings (SSSR count). The van der Waals surface area contributed by atoms with E-state index in [0.29, 0.717) is 0 Å². The molecule has 0 heterocycles. The van der Waals surface area contributed by atoms with Crippen LogP contribution in [0.15, 0.2) is 154 Å². The fourth-order valence-corrected chi connectivity index (χ4v) is 12.6. The second-order valence-corrected chi connectivity index (χ2v) is 26.0. The molecule has 30 heteroatoms. The van der Waals surface area contributed by atoms with E-state index in [1.54, 1.807) is 48.5 Å². The fraction of sp³-hybridized carbons (Fsp3) is 0.130. The van der Waals surface area contributed by atoms with Gasteiger partial charge in [-0.25, -0.2) is 0 Å². The molecule has 0 atom stereocenters. The van der Waals surface area contributed by atoms with Gasteiger partial charge >= 0.3 is 203 Å². The zero-order valence-corrected chi connectivity index (χ0v) is 51.7. The molecule has 0 saturated carbocycles. The first-order chi connectivity index (χ1) is 45.7. The topological polar surface area (TPSA) is 80.9 Å². The Morgan fingerprint density at radius 3 is 0.798 bits per heavy atom. The number of hydrogen-bond acceptors (Lipinski definition) is 4. The van der Waals surface area contributed by atoms with Gasteiger partial charge in [0.15, 0.2) is 14.7 Å². The number of alkyl halides is 24. The van der Waals surface area contributed by atoms with E-state index in [2.05, 4.69) is 155 Å². The molecular weight excluding hydrogens is 1450 g/mol. The van der Waals surface area contributed by atoms with Gasteiger partial charge in [0.2, 0.25) is 0 Å². The molecule has 0 unspecified atom stereocenters. The van der Waals surface area contributed by atoms with Crippen LogP contribution in [-0.2, 0) is 16.3 Å². The first-order valence-corrected chi connectivity index (χ1v) is 31.5. The first-order valence-electron chi connectivity index (χ1n) is 25.5. The number of terminal acetylenes is 4. The molecule has 0 bridgehead atoms. The maximum atomic E-state index is 10.4. The van der Waals surface area contributed by atoms with Gasteiger partial charge in [0.25, 0.3) is 0 Å². The molecule has 1 aliphatic carbocycles. The Bertz CT molecular complexity index is 4090. The van der Waals surface area contributed by atoms with Crippen molar-refractivity contribution in [3.05, 3.63) is 162 Å². The van der Waals surface area contributed by atoms with Crippen molar-refractivity contribution in [2.75, 3.05) is 0 Å². The molecule has 6 aromatic carbocycles. The molecule has 0 saturated heterocycles. The van der Waals surface area contributed by atoms with Crippen molar-refractivity contribution in [1.82, 2.24) is 0 Å². The molecule has 6 aromatic rings. The maximum absolute atomic E-state index is 10.4. The van der Waals surface area contributed by atoms with Gasteiger partial charge in [0.05, 0.1) is 16.3 Å². The average molecular weight is 1490 g/mol. The summed E-state index contributed by atoms with van der Waals surface area (Å²) in [4.78, 5) is 3.20. The molecule has 0 aromatic heterocycles. The molecule has 99 heavy (non-hydrogen) atoms. The third kappa shape index (κ3) is 25.2. The van der Waals surface area contributed by atoms with Gasteiger partial charge < -0.3 is 20.4 Å². The molecule has 0 aliphatic heterocycles. The molecule has 516 valence electrons. The van der Waals surface area contributed by atoms with Crippen LogP contribution in [0.2, 0.25) is 0 Å². The third-order valence-electron chi connectivity index (χ3n) is 11.2. The second kappa shape index (κ2) is 35.5. The van der Waals surface area contributed by atoms with Gasteiger partial charge in [-0.05, 0) is 112 Å². The summed E-state index contributed by atoms with van der Waals surface area (Å²) in [6.45, 7) is 0. The van der Waals surface area contributed by atoms with E-state index in [0.717, 1.165) is 48.1 Å². The Hall–Kier alpha value is -11.5. The van der Waals surface area contributed by atoms with Crippen LogP contribution in [0, 0.1) is 138 Å². The standard InChI is InChI=1S/C37H26O4S.4C6H.4C2F6.Ga.4H2/c38-26-9-5-24(6-10-26)37(25-7-11-27(39)12-8-25)35-4-2-1-3-33(35)34-23-32(21-22-36(34)37)42(30-17-13-28(40)14-18-30)31-19-15-29(41)16-20-31;4*1-3-5-6-4-2;4*3-1(4,5)2(6,7)8;;;;;/h1-23H,(H3-,38,39,40,41);4*1H;;;;;;4*1H/q;;;;;;;;;-1;;;;/p+1. The van der Waals surface area contributed by atoms with Gasteiger partial charge in [0, 0.05) is 11.8 Å². The van der Waals surface area contributed by atoms with Crippen LogP contribution in [0.5, 0.6) is 23.0 Å². The van der Waals surface area contributed by atoms with Crippen LogP contribution in [0.3, 0.4) is 0 Å². The smallest absolute Gasteiger partial charge is 0.487 e. The van der Waals surface area contributed by atoms with Crippen molar-refractivity contribution in [2.45, 2.75) is 69.5 Å². The molecule has 0 fully saturated rings. The number of phenolic OH excluding ortho intramolecular Hbond substituents is 4. The van der Waals surface area contributed by atoms with E-state index in [1.807, 2.05) is 48.5 Å². The number of benzene rings is 6. The van der Waals surface area contributed by atoms with Gasteiger partial charge in [-0.1, -0.05) is 54.6 Å². The van der Waals surface area contributed by atoms with Crippen LogP contribution in [0.25, 0.3) is 11.1 Å². The van der Waals surface area contributed by atoms with Crippen LogP contribution in [-0.4, -0.2) is 84.9 Å². The number of halogens is 24. The van der Waals surface area contributed by atoms with Crippen molar-refractivity contribution in [3.8, 4) is 172 Å². The molecule has 4 N–H and O–H groups in total. The molecular formula is C69H39F24GaO4S. The Balaban J connectivity index is -0.00000139. The predicted octanol–water partition coefficient (Wildman–Crippen LogP) is 17.5. The average Bonchev–Trinajstić information content (AvgIpc) is 1.55. The number of aromatic hydroxyl groups is 4. The number of hydrogen-bond donors (Lipinski definition) is 4. The quantitative estimate of drug-likeness (QED) is 0.0599. The van der Waals surface area contributed by atoms with E-state index < -0.39 is 80.7 Å². The summed E-state index contributed by atoms with van der Waals surface area (Å²) < 4.78 is 262. The SMILES string of the molecule is C#CC#CC#[C][Ga-]([C]#CC#CC#C)([C]#CC#CC#C)[C]#CC#CC#C.FC(F)(F)C(F)(F)F.FC(F)(F)C(F)(F)F.FC(F)(F)C(F)(F)F.FC(F)(F)C(F)(F)F.Oc1ccc([S+](c2ccc(O)cc2)c2ccc3c(c2)-c2ccccc2C3(c2ccc(O)cc2)c2ccc(O)cc2)cc1.[HH].[HH].[HH].[HH]. The maximum Gasteiger partial charge on any atom is 0.487 e. The van der Waals surface area contributed by atoms with Crippen molar-refractivity contribution in [2.24, 2.45) is 0 Å². The molecule has 0 amide bonds. The minimum atomic E-state index is -6.06. The zero-order chi connectivity index (χ0) is 75.5. The third-order valence-corrected chi connectivity index (χ3v) is 18.3. The van der Waals surface area contributed by atoms with Crippen LogP contribution < -0.4 is 0 Å². The summed E-state index contributed by atoms with van der Waals surface area (Å²) in [5.74, 6) is 39.4. The first kappa shape index (κ1) is 83.6. The minimum Gasteiger partial charge on any atom is -0.508 e. The molecule has 0 spiro atoms. The Morgan fingerprint density at radius 2 is 0.535 bits per heavy atom. The van der Waals surface area contributed by atoms with E-state index in [-0.39, 0.29) is 28.7 Å². The van der Waals surface area contributed by atoms with Crippen molar-refractivity contribution in [3.63, 3.8) is 0 Å². The summed E-state index contributed by atoms with van der Waals surface area (Å²) >= 11 is -3.91. The van der Waals surface area contributed by atoms with Gasteiger partial charge in [0.1, 0.15) is 23.0 Å². The summed E-state index contributed by atoms with van der Waals surface area (Å²) in [6.07, 6.45) is -28.3. The van der Waals surface area contributed by atoms with E-state index in [9.17, 15) is 126 Å². The van der Waals surface area contributed by atoms with Crippen molar-refractivity contribution < 1.29 is 132 Å². The second-order valence-electron chi connectivity index (χ2n) is 17.9. The predicted molar refractivity (Wildman–Crippen MR) is 326 cm³/mol. The van der Waals surface area contributed by atoms with Gasteiger partial charge in [-0.3, -0.25) is 0 Å². The Kier molecular flexibility index (Phi) is 30.0. The van der Waals surface area contributed by atoms with Crippen molar-refractivity contribution in [1.29, 1.82) is 0 Å². The van der Waals surface area contributed by atoms with Crippen molar-refractivity contribution >= 4 is 25.9 Å². The summed E-state index contributed by atoms with van der Waals surface area (Å²) in [5.41, 5.74) is 5.84. The molecule has 1 aliphatic rings. The fourth-order valence-electron chi connectivity index (χ4n) is 7.24. The number of phenols is 4. The number of fused-ring (bicyclic) bond motifs is 3. The largest absolute Gasteiger partial charge is 0.508 e. The zero-order valence-electron chi connectivity index (χ0n) is 48.4. The Morgan fingerprint density at radius 1 is 0.293 bits per heavy atom. The van der Waals surface area contributed by atoms with E-state index in [4.69, 9.17) is 25.7 Å². The Labute approximate surface area is 559 Å². The molecule has 0 radical (unpaired) electrons. The summed E-state index contributed by atoms with van der Waals surface area (Å²) in [7, 11) is -0.509. The van der Waals surface area contributed by atoms with Crippen LogP contribution >= 0.6 is 0 Å². The minimum absolute atomic E-state index is 0.